The minimum atomic E-state index is 0.851. The molecule has 2 heteroatoms. The van der Waals surface area contributed by atoms with Crippen LogP contribution in [0.25, 0.3) is 0 Å². The van der Waals surface area contributed by atoms with Crippen LogP contribution >= 0.6 is 0 Å². The maximum absolute atomic E-state index is 4.29. The Kier molecular flexibility index (Phi) is 8.86. The van der Waals surface area contributed by atoms with Gasteiger partial charge in [0.05, 0.1) is 0 Å². The minimum Gasteiger partial charge on any atom is -0.394 e. The molecule has 0 aliphatic carbocycles. The Labute approximate surface area is 87.1 Å². The highest BCUT2D eigenvalue weighted by atomic mass is 14.8. The number of nitrogens with one attached hydrogen (secondary N) is 1. The molecule has 0 rings (SSSR count). The smallest absolute Gasteiger partial charge is 0.0426 e. The van der Waals surface area contributed by atoms with E-state index in [-0.39, 0.29) is 0 Å². The highest BCUT2D eigenvalue weighted by Gasteiger charge is 1.80. The average Bonchev–Trinajstić information content (AvgIpc) is 2.21. The molecule has 0 aromatic carbocycles. The van der Waals surface area contributed by atoms with Crippen molar-refractivity contribution in [1.82, 2.24) is 5.32 Å². The van der Waals surface area contributed by atoms with Crippen molar-refractivity contribution in [1.29, 1.82) is 0 Å². The van der Waals surface area contributed by atoms with Crippen molar-refractivity contribution in [3.8, 4) is 0 Å². The first-order chi connectivity index (χ1) is 6.81. The van der Waals surface area contributed by atoms with Crippen molar-refractivity contribution in [3.63, 3.8) is 0 Å². The summed E-state index contributed by atoms with van der Waals surface area (Å²) in [6, 6.07) is 0. The van der Waals surface area contributed by atoms with Gasteiger partial charge in [0.1, 0.15) is 0 Å². The van der Waals surface area contributed by atoms with Crippen LogP contribution in [0.2, 0.25) is 0 Å². The van der Waals surface area contributed by atoms with Gasteiger partial charge in [-0.15, -0.1) is 0 Å². The lowest BCUT2D eigenvalue weighted by Gasteiger charge is -1.90. The average molecular weight is 192 g/mol. The van der Waals surface area contributed by atoms with Gasteiger partial charge in [-0.1, -0.05) is 24.8 Å². The molecule has 78 valence electrons. The van der Waals surface area contributed by atoms with Crippen molar-refractivity contribution < 1.29 is 0 Å². The predicted octanol–water partition coefficient (Wildman–Crippen LogP) is 2.70. The highest BCUT2D eigenvalue weighted by molar-refractivity contribution is 5.92. The van der Waals surface area contributed by atoms with Gasteiger partial charge >= 0.3 is 0 Å². The lowest BCUT2D eigenvalue weighted by molar-refractivity contribution is 1.00. The maximum atomic E-state index is 4.29. The summed E-state index contributed by atoms with van der Waals surface area (Å²) < 4.78 is 0. The number of nitrogens with zero attached hydrogens (tertiary/aromatic N) is 1. The Balaban J connectivity index is 3.44. The van der Waals surface area contributed by atoms with Gasteiger partial charge in [0.25, 0.3) is 0 Å². The van der Waals surface area contributed by atoms with Gasteiger partial charge in [0.15, 0.2) is 0 Å². The molecule has 2 nitrogen and oxygen atoms in total. The van der Waals surface area contributed by atoms with Crippen LogP contribution in [0.5, 0.6) is 0 Å². The molecule has 0 spiro atoms. The third-order valence-corrected chi connectivity index (χ3v) is 1.68. The zero-order chi connectivity index (χ0) is 10.6. The van der Waals surface area contributed by atoms with Crippen molar-refractivity contribution >= 4 is 5.71 Å². The molecule has 0 aliphatic heterocycles. The van der Waals surface area contributed by atoms with E-state index < -0.39 is 0 Å². The van der Waals surface area contributed by atoms with Gasteiger partial charge in [0, 0.05) is 19.3 Å². The van der Waals surface area contributed by atoms with Crippen molar-refractivity contribution in [2.75, 3.05) is 13.6 Å². The molecule has 0 aliphatic rings. The van der Waals surface area contributed by atoms with E-state index in [0.717, 1.165) is 25.1 Å². The number of hydrogen-bond donors (Lipinski definition) is 1. The third-order valence-electron chi connectivity index (χ3n) is 1.68. The second kappa shape index (κ2) is 9.78. The quantitative estimate of drug-likeness (QED) is 0.374. The first-order valence-corrected chi connectivity index (χ1v) is 4.92. The molecular weight excluding hydrogens is 172 g/mol. The van der Waals surface area contributed by atoms with E-state index in [1.807, 2.05) is 20.2 Å². The van der Waals surface area contributed by atoms with Gasteiger partial charge in [-0.2, -0.15) is 0 Å². The molecule has 0 saturated heterocycles. The van der Waals surface area contributed by atoms with Crippen LogP contribution in [0.1, 0.15) is 19.8 Å². The summed E-state index contributed by atoms with van der Waals surface area (Å²) in [5, 5.41) is 2.94. The summed E-state index contributed by atoms with van der Waals surface area (Å²) in [6.45, 7) is 6.46. The maximum Gasteiger partial charge on any atom is 0.0426 e. The van der Waals surface area contributed by atoms with Crippen LogP contribution in [-0.2, 0) is 0 Å². The first-order valence-electron chi connectivity index (χ1n) is 4.92. The molecule has 0 aromatic heterocycles. The molecule has 0 radical (unpaired) electrons. The second-order valence-corrected chi connectivity index (χ2v) is 2.91. The Hall–Kier alpha value is -1.31. The number of hydrogen-bond acceptors (Lipinski definition) is 2. The lowest BCUT2D eigenvalue weighted by Crippen LogP contribution is -1.90. The monoisotopic (exact) mass is 192 g/mol. The molecule has 0 fully saturated rings. The Bertz CT molecular complexity index is 224. The van der Waals surface area contributed by atoms with Gasteiger partial charge in [-0.05, 0) is 32.0 Å². The highest BCUT2D eigenvalue weighted by Crippen LogP contribution is 1.90. The molecule has 14 heavy (non-hydrogen) atoms. The third kappa shape index (κ3) is 8.78. The van der Waals surface area contributed by atoms with Crippen molar-refractivity contribution in [3.05, 3.63) is 37.1 Å². The predicted molar refractivity (Wildman–Crippen MR) is 64.7 cm³/mol. The molecule has 0 amide bonds. The molecule has 1 N–H and O–H groups in total. The van der Waals surface area contributed by atoms with E-state index in [1.54, 1.807) is 6.08 Å². The topological polar surface area (TPSA) is 24.4 Å². The van der Waals surface area contributed by atoms with E-state index in [4.69, 9.17) is 0 Å². The molecule has 0 bridgehead atoms. The van der Waals surface area contributed by atoms with Gasteiger partial charge in [0.2, 0.25) is 0 Å². The van der Waals surface area contributed by atoms with Crippen LogP contribution in [0.3, 0.4) is 0 Å². The van der Waals surface area contributed by atoms with Gasteiger partial charge < -0.3 is 5.32 Å². The van der Waals surface area contributed by atoms with E-state index in [9.17, 15) is 0 Å². The molecule has 0 saturated carbocycles. The molecular formula is C12H20N2. The Morgan fingerprint density at radius 3 is 2.79 bits per heavy atom. The number of allylic oxidation sites excluding steroid dienone is 3. The van der Waals surface area contributed by atoms with Crippen LogP contribution in [0.15, 0.2) is 42.1 Å². The van der Waals surface area contributed by atoms with E-state index in [2.05, 4.69) is 35.1 Å². The van der Waals surface area contributed by atoms with Gasteiger partial charge in [-0.3, -0.25) is 4.99 Å². The van der Waals surface area contributed by atoms with E-state index in [0.29, 0.717) is 0 Å². The fraction of sp³-hybridized carbons (Fsp3) is 0.417. The zero-order valence-electron chi connectivity index (χ0n) is 9.16. The van der Waals surface area contributed by atoms with Crippen LogP contribution < -0.4 is 5.32 Å². The van der Waals surface area contributed by atoms with E-state index >= 15 is 0 Å². The summed E-state index contributed by atoms with van der Waals surface area (Å²) in [7, 11) is 1.90. The standard InChI is InChI=1S/C12H20N2/c1-4-12(2)14-11-9-7-5-6-8-10-13-3/h4-5,7-8,10,13H,1,6,9,11H2,2-3H3/b7-5-,10-8+,14-12?. The fourth-order valence-corrected chi connectivity index (χ4v) is 0.859. The van der Waals surface area contributed by atoms with Crippen LogP contribution in [-0.4, -0.2) is 19.3 Å². The molecule has 0 aromatic rings. The number of aliphatic imine (C=N–C) groups is 1. The summed E-state index contributed by atoms with van der Waals surface area (Å²) in [4.78, 5) is 4.29. The molecule has 0 unspecified atom stereocenters. The van der Waals surface area contributed by atoms with Crippen molar-refractivity contribution in [2.45, 2.75) is 19.8 Å². The summed E-state index contributed by atoms with van der Waals surface area (Å²) in [5.74, 6) is 0. The van der Waals surface area contributed by atoms with E-state index in [1.165, 1.54) is 0 Å². The Morgan fingerprint density at radius 1 is 1.36 bits per heavy atom. The second-order valence-electron chi connectivity index (χ2n) is 2.91. The summed E-state index contributed by atoms with van der Waals surface area (Å²) in [6.07, 6.45) is 12.1. The Morgan fingerprint density at radius 2 is 2.14 bits per heavy atom. The lowest BCUT2D eigenvalue weighted by atomic mass is 10.3. The van der Waals surface area contributed by atoms with Gasteiger partial charge in [-0.25, -0.2) is 0 Å². The number of rotatable bonds is 7. The van der Waals surface area contributed by atoms with Crippen LogP contribution in [0.4, 0.5) is 0 Å². The van der Waals surface area contributed by atoms with Crippen LogP contribution in [0, 0.1) is 0 Å². The molecule has 0 atom stereocenters. The zero-order valence-corrected chi connectivity index (χ0v) is 9.16. The first kappa shape index (κ1) is 12.7. The summed E-state index contributed by atoms with van der Waals surface area (Å²) >= 11 is 0. The molecule has 0 heterocycles. The fourth-order valence-electron chi connectivity index (χ4n) is 0.859. The largest absolute Gasteiger partial charge is 0.394 e. The minimum absolute atomic E-state index is 0.851. The van der Waals surface area contributed by atoms with Crippen molar-refractivity contribution in [2.24, 2.45) is 4.99 Å². The SMILES string of the molecule is C=CC(C)=NCC/C=C\C/C=C/NC. The normalized spacial score (nSPS) is 12.6. The summed E-state index contributed by atoms with van der Waals surface area (Å²) in [5.41, 5.74) is 1.01.